The maximum atomic E-state index is 13.1. The first-order chi connectivity index (χ1) is 7.56. The number of alkyl halides is 1. The molecule has 2 unspecified atom stereocenters. The van der Waals surface area contributed by atoms with Gasteiger partial charge in [-0.05, 0) is 37.8 Å². The van der Waals surface area contributed by atoms with Gasteiger partial charge in [0.1, 0.15) is 6.17 Å². The lowest BCUT2D eigenvalue weighted by Crippen LogP contribution is -2.32. The second-order valence-corrected chi connectivity index (χ2v) is 5.09. The van der Waals surface area contributed by atoms with E-state index in [0.717, 1.165) is 18.4 Å². The van der Waals surface area contributed by atoms with Crippen LogP contribution >= 0.6 is 0 Å². The van der Waals surface area contributed by atoms with Crippen molar-refractivity contribution in [2.45, 2.75) is 50.7 Å². The van der Waals surface area contributed by atoms with Gasteiger partial charge in [-0.1, -0.05) is 24.3 Å². The highest BCUT2D eigenvalue weighted by molar-refractivity contribution is 5.40. The van der Waals surface area contributed by atoms with Gasteiger partial charge in [0.05, 0.1) is 0 Å². The SMILES string of the molecule is CC(F)Cc1ccccc1C1(C(C)N)CC1. The van der Waals surface area contributed by atoms with Crippen LogP contribution in [0.15, 0.2) is 24.3 Å². The van der Waals surface area contributed by atoms with Crippen molar-refractivity contribution >= 4 is 0 Å². The molecule has 1 aromatic carbocycles. The molecule has 0 aliphatic heterocycles. The first-order valence-electron chi connectivity index (χ1n) is 6.04. The fourth-order valence-corrected chi connectivity index (χ4v) is 2.59. The van der Waals surface area contributed by atoms with Crippen molar-refractivity contribution in [2.24, 2.45) is 5.73 Å². The van der Waals surface area contributed by atoms with E-state index in [0.29, 0.717) is 6.42 Å². The third-order valence-electron chi connectivity index (χ3n) is 3.72. The average Bonchev–Trinajstić information content (AvgIpc) is 2.98. The molecule has 1 saturated carbocycles. The molecule has 0 aromatic heterocycles. The van der Waals surface area contributed by atoms with E-state index in [1.54, 1.807) is 6.92 Å². The molecule has 0 heterocycles. The molecule has 1 aromatic rings. The average molecular weight is 221 g/mol. The number of nitrogens with two attached hydrogens (primary N) is 1. The van der Waals surface area contributed by atoms with Crippen molar-refractivity contribution in [1.29, 1.82) is 0 Å². The van der Waals surface area contributed by atoms with E-state index in [1.807, 2.05) is 18.2 Å². The summed E-state index contributed by atoms with van der Waals surface area (Å²) in [7, 11) is 0. The van der Waals surface area contributed by atoms with Gasteiger partial charge < -0.3 is 5.73 Å². The first kappa shape index (κ1) is 11.6. The van der Waals surface area contributed by atoms with E-state index in [2.05, 4.69) is 13.0 Å². The molecular weight excluding hydrogens is 201 g/mol. The Kier molecular flexibility index (Phi) is 3.02. The summed E-state index contributed by atoms with van der Waals surface area (Å²) in [5, 5.41) is 0. The molecule has 1 aliphatic carbocycles. The highest BCUT2D eigenvalue weighted by Gasteiger charge is 2.48. The summed E-state index contributed by atoms with van der Waals surface area (Å²) >= 11 is 0. The minimum atomic E-state index is -0.787. The summed E-state index contributed by atoms with van der Waals surface area (Å²) in [4.78, 5) is 0. The molecule has 0 radical (unpaired) electrons. The van der Waals surface area contributed by atoms with E-state index < -0.39 is 6.17 Å². The zero-order valence-corrected chi connectivity index (χ0v) is 10.0. The van der Waals surface area contributed by atoms with Crippen molar-refractivity contribution in [3.63, 3.8) is 0 Å². The number of rotatable bonds is 4. The van der Waals surface area contributed by atoms with Crippen LogP contribution in [0.2, 0.25) is 0 Å². The van der Waals surface area contributed by atoms with Crippen LogP contribution in [0, 0.1) is 0 Å². The standard InChI is InChI=1S/C14H20FN/c1-10(15)9-12-5-3-4-6-13(12)14(7-8-14)11(2)16/h3-6,10-11H,7-9,16H2,1-2H3. The van der Waals surface area contributed by atoms with Crippen molar-refractivity contribution in [2.75, 3.05) is 0 Å². The van der Waals surface area contributed by atoms with E-state index in [4.69, 9.17) is 5.73 Å². The first-order valence-corrected chi connectivity index (χ1v) is 6.04. The van der Waals surface area contributed by atoms with Gasteiger partial charge in [-0.25, -0.2) is 4.39 Å². The minimum Gasteiger partial charge on any atom is -0.327 e. The Labute approximate surface area is 96.9 Å². The maximum Gasteiger partial charge on any atom is 0.101 e. The number of hydrogen-bond acceptors (Lipinski definition) is 1. The van der Waals surface area contributed by atoms with Crippen LogP contribution in [0.3, 0.4) is 0 Å². The summed E-state index contributed by atoms with van der Waals surface area (Å²) in [6.45, 7) is 3.67. The Balaban J connectivity index is 2.33. The van der Waals surface area contributed by atoms with E-state index >= 15 is 0 Å². The van der Waals surface area contributed by atoms with Gasteiger partial charge >= 0.3 is 0 Å². The Bertz CT molecular complexity index is 367. The van der Waals surface area contributed by atoms with Gasteiger partial charge in [-0.15, -0.1) is 0 Å². The lowest BCUT2D eigenvalue weighted by molar-refractivity contribution is 0.358. The fraction of sp³-hybridized carbons (Fsp3) is 0.571. The zero-order chi connectivity index (χ0) is 11.8. The van der Waals surface area contributed by atoms with Crippen molar-refractivity contribution < 1.29 is 4.39 Å². The predicted octanol–water partition coefficient (Wildman–Crippen LogP) is 2.97. The maximum absolute atomic E-state index is 13.1. The smallest absolute Gasteiger partial charge is 0.101 e. The summed E-state index contributed by atoms with van der Waals surface area (Å²) in [6, 6.07) is 8.33. The molecule has 2 atom stereocenters. The second-order valence-electron chi connectivity index (χ2n) is 5.09. The molecule has 2 N–H and O–H groups in total. The molecule has 0 bridgehead atoms. The summed E-state index contributed by atoms with van der Waals surface area (Å²) in [5.41, 5.74) is 8.61. The highest BCUT2D eigenvalue weighted by Crippen LogP contribution is 2.51. The van der Waals surface area contributed by atoms with Crippen LogP contribution in [-0.2, 0) is 11.8 Å². The van der Waals surface area contributed by atoms with Crippen LogP contribution in [0.25, 0.3) is 0 Å². The molecule has 2 rings (SSSR count). The second kappa shape index (κ2) is 4.17. The number of hydrogen-bond donors (Lipinski definition) is 1. The predicted molar refractivity (Wildman–Crippen MR) is 65.3 cm³/mol. The van der Waals surface area contributed by atoms with Gasteiger partial charge in [0.2, 0.25) is 0 Å². The summed E-state index contributed by atoms with van der Waals surface area (Å²) < 4.78 is 13.1. The summed E-state index contributed by atoms with van der Waals surface area (Å²) in [6.07, 6.45) is 2.00. The lowest BCUT2D eigenvalue weighted by Gasteiger charge is -2.23. The monoisotopic (exact) mass is 221 g/mol. The molecule has 1 fully saturated rings. The molecule has 0 spiro atoms. The van der Waals surface area contributed by atoms with Gasteiger partial charge in [-0.2, -0.15) is 0 Å². The molecule has 16 heavy (non-hydrogen) atoms. The third-order valence-corrected chi connectivity index (χ3v) is 3.72. The normalized spacial score (nSPS) is 21.5. The molecule has 0 saturated heterocycles. The molecule has 88 valence electrons. The molecule has 1 nitrogen and oxygen atoms in total. The van der Waals surface area contributed by atoms with Gasteiger partial charge in [0, 0.05) is 17.9 Å². The lowest BCUT2D eigenvalue weighted by atomic mass is 9.85. The molecule has 2 heteroatoms. The van der Waals surface area contributed by atoms with Crippen LogP contribution in [0.5, 0.6) is 0 Å². The Morgan fingerprint density at radius 2 is 1.94 bits per heavy atom. The molecular formula is C14H20FN. The Morgan fingerprint density at radius 3 is 2.44 bits per heavy atom. The van der Waals surface area contributed by atoms with Gasteiger partial charge in [0.15, 0.2) is 0 Å². The van der Waals surface area contributed by atoms with Crippen LogP contribution in [-0.4, -0.2) is 12.2 Å². The topological polar surface area (TPSA) is 26.0 Å². The Hall–Kier alpha value is -0.890. The van der Waals surface area contributed by atoms with Gasteiger partial charge in [0.25, 0.3) is 0 Å². The van der Waals surface area contributed by atoms with Crippen molar-refractivity contribution in [3.05, 3.63) is 35.4 Å². The van der Waals surface area contributed by atoms with E-state index in [1.165, 1.54) is 5.56 Å². The fourth-order valence-electron chi connectivity index (χ4n) is 2.59. The van der Waals surface area contributed by atoms with Crippen molar-refractivity contribution in [1.82, 2.24) is 0 Å². The van der Waals surface area contributed by atoms with Crippen LogP contribution in [0.1, 0.15) is 37.8 Å². The van der Waals surface area contributed by atoms with Crippen LogP contribution < -0.4 is 5.73 Å². The molecule has 0 amide bonds. The number of benzene rings is 1. The van der Waals surface area contributed by atoms with Crippen LogP contribution in [0.4, 0.5) is 4.39 Å². The van der Waals surface area contributed by atoms with Crippen molar-refractivity contribution in [3.8, 4) is 0 Å². The highest BCUT2D eigenvalue weighted by atomic mass is 19.1. The number of halogens is 1. The molecule has 1 aliphatic rings. The van der Waals surface area contributed by atoms with Gasteiger partial charge in [-0.3, -0.25) is 0 Å². The summed E-state index contributed by atoms with van der Waals surface area (Å²) in [5.74, 6) is 0. The third kappa shape index (κ3) is 1.99. The van der Waals surface area contributed by atoms with E-state index in [9.17, 15) is 4.39 Å². The van der Waals surface area contributed by atoms with E-state index in [-0.39, 0.29) is 11.5 Å². The Morgan fingerprint density at radius 1 is 1.31 bits per heavy atom. The minimum absolute atomic E-state index is 0.130. The quantitative estimate of drug-likeness (QED) is 0.831. The largest absolute Gasteiger partial charge is 0.327 e. The zero-order valence-electron chi connectivity index (χ0n) is 10.0.